The van der Waals surface area contributed by atoms with Crippen molar-refractivity contribution in [2.75, 3.05) is 13.6 Å². The van der Waals surface area contributed by atoms with Gasteiger partial charge in [0.1, 0.15) is 5.41 Å². The summed E-state index contributed by atoms with van der Waals surface area (Å²) in [5.41, 5.74) is 0.100. The molecule has 1 aliphatic rings. The topological polar surface area (TPSA) is 62.3 Å². The van der Waals surface area contributed by atoms with Crippen LogP contribution in [-0.4, -0.2) is 41.3 Å². The van der Waals surface area contributed by atoms with Crippen LogP contribution >= 0.6 is 0 Å². The van der Waals surface area contributed by atoms with E-state index in [1.54, 1.807) is 38.2 Å². The highest BCUT2D eigenvalue weighted by Crippen LogP contribution is 2.23. The molecular formula is C18H27N3O2. The minimum absolute atomic E-state index is 0.137. The van der Waals surface area contributed by atoms with Crippen LogP contribution < -0.4 is 5.32 Å². The number of carbonyl (C=O) groups excluding carboxylic acids is 2. The van der Waals surface area contributed by atoms with Crippen LogP contribution in [0.15, 0.2) is 24.5 Å². The summed E-state index contributed by atoms with van der Waals surface area (Å²) in [6, 6.07) is 4.11. The molecule has 1 saturated carbocycles. The van der Waals surface area contributed by atoms with Gasteiger partial charge in [0.15, 0.2) is 0 Å². The van der Waals surface area contributed by atoms with Gasteiger partial charge in [0.2, 0.25) is 11.8 Å². The number of carbonyl (C=O) groups is 2. The van der Waals surface area contributed by atoms with Crippen molar-refractivity contribution >= 4 is 11.8 Å². The zero-order valence-electron chi connectivity index (χ0n) is 14.3. The third kappa shape index (κ3) is 4.53. The van der Waals surface area contributed by atoms with E-state index in [4.69, 9.17) is 0 Å². The average Bonchev–Trinajstić information content (AvgIpc) is 3.05. The maximum Gasteiger partial charge on any atom is 0.237 e. The SMILES string of the molecule is CN(CCc1ccncc1)C(=O)C(C)(C)C(=O)NC1CCCC1. The Morgan fingerprint density at radius 3 is 2.48 bits per heavy atom. The Hall–Kier alpha value is -1.91. The van der Waals surface area contributed by atoms with Crippen molar-refractivity contribution in [2.45, 2.75) is 52.0 Å². The lowest BCUT2D eigenvalue weighted by Gasteiger charge is -2.29. The van der Waals surface area contributed by atoms with E-state index < -0.39 is 5.41 Å². The Bertz CT molecular complexity index is 536. The number of pyridine rings is 1. The Kier molecular flexibility index (Phi) is 5.74. The van der Waals surface area contributed by atoms with Crippen molar-refractivity contribution in [3.63, 3.8) is 0 Å². The number of likely N-dealkylation sites (N-methyl/N-ethyl adjacent to an activating group) is 1. The summed E-state index contributed by atoms with van der Waals surface area (Å²) >= 11 is 0. The van der Waals surface area contributed by atoms with Gasteiger partial charge < -0.3 is 10.2 Å². The smallest absolute Gasteiger partial charge is 0.237 e. The summed E-state index contributed by atoms with van der Waals surface area (Å²) in [5, 5.41) is 3.03. The van der Waals surface area contributed by atoms with Crippen molar-refractivity contribution in [3.8, 4) is 0 Å². The van der Waals surface area contributed by atoms with Crippen LogP contribution in [0.25, 0.3) is 0 Å². The summed E-state index contributed by atoms with van der Waals surface area (Å²) < 4.78 is 0. The maximum absolute atomic E-state index is 12.7. The standard InChI is InChI=1S/C18H27N3O2/c1-18(2,16(22)20-15-6-4-5-7-15)17(23)21(3)13-10-14-8-11-19-12-9-14/h8-9,11-12,15H,4-7,10,13H2,1-3H3,(H,20,22). The van der Waals surface area contributed by atoms with Crippen LogP contribution in [0.1, 0.15) is 45.1 Å². The molecule has 0 radical (unpaired) electrons. The van der Waals surface area contributed by atoms with Crippen LogP contribution in [0, 0.1) is 5.41 Å². The first-order valence-electron chi connectivity index (χ1n) is 8.36. The first kappa shape index (κ1) is 17.4. The van der Waals surface area contributed by atoms with Gasteiger partial charge >= 0.3 is 0 Å². The van der Waals surface area contributed by atoms with Crippen molar-refractivity contribution in [2.24, 2.45) is 5.41 Å². The molecule has 2 amide bonds. The molecule has 2 rings (SSSR count). The lowest BCUT2D eigenvalue weighted by atomic mass is 9.89. The molecule has 1 aromatic heterocycles. The number of aromatic nitrogens is 1. The molecule has 23 heavy (non-hydrogen) atoms. The fourth-order valence-corrected chi connectivity index (χ4v) is 2.96. The van der Waals surface area contributed by atoms with Crippen molar-refractivity contribution in [3.05, 3.63) is 30.1 Å². The average molecular weight is 317 g/mol. The molecule has 0 atom stereocenters. The van der Waals surface area contributed by atoms with E-state index in [-0.39, 0.29) is 17.9 Å². The first-order chi connectivity index (χ1) is 10.9. The second kappa shape index (κ2) is 7.57. The van der Waals surface area contributed by atoms with E-state index in [1.165, 1.54) is 0 Å². The third-order valence-corrected chi connectivity index (χ3v) is 4.62. The van der Waals surface area contributed by atoms with Crippen LogP contribution in [0.4, 0.5) is 0 Å². The highest BCUT2D eigenvalue weighted by molar-refractivity contribution is 6.04. The van der Waals surface area contributed by atoms with Crippen molar-refractivity contribution < 1.29 is 9.59 Å². The lowest BCUT2D eigenvalue weighted by Crippen LogP contribution is -2.50. The summed E-state index contributed by atoms with van der Waals surface area (Å²) in [6.45, 7) is 4.01. The Morgan fingerprint density at radius 1 is 1.26 bits per heavy atom. The van der Waals surface area contributed by atoms with Gasteiger partial charge in [-0.05, 0) is 50.8 Å². The molecule has 1 aromatic rings. The van der Waals surface area contributed by atoms with Gasteiger partial charge in [-0.15, -0.1) is 0 Å². The molecule has 1 aliphatic carbocycles. The largest absolute Gasteiger partial charge is 0.352 e. The van der Waals surface area contributed by atoms with Crippen LogP contribution in [0.5, 0.6) is 0 Å². The molecular weight excluding hydrogens is 290 g/mol. The number of nitrogens with zero attached hydrogens (tertiary/aromatic N) is 2. The minimum atomic E-state index is -1.03. The van der Waals surface area contributed by atoms with Crippen LogP contribution in [-0.2, 0) is 16.0 Å². The van der Waals surface area contributed by atoms with Crippen LogP contribution in [0.3, 0.4) is 0 Å². The fraction of sp³-hybridized carbons (Fsp3) is 0.611. The summed E-state index contributed by atoms with van der Waals surface area (Å²) in [6.07, 6.45) is 8.61. The molecule has 0 aromatic carbocycles. The number of rotatable bonds is 6. The van der Waals surface area contributed by atoms with Gasteiger partial charge in [0, 0.05) is 32.0 Å². The summed E-state index contributed by atoms with van der Waals surface area (Å²) in [7, 11) is 1.76. The monoisotopic (exact) mass is 317 g/mol. The quantitative estimate of drug-likeness (QED) is 0.818. The summed E-state index contributed by atoms with van der Waals surface area (Å²) in [4.78, 5) is 30.8. The Balaban J connectivity index is 1.89. The third-order valence-electron chi connectivity index (χ3n) is 4.62. The zero-order chi connectivity index (χ0) is 16.9. The lowest BCUT2D eigenvalue weighted by molar-refractivity contribution is -0.147. The number of hydrogen-bond donors (Lipinski definition) is 1. The van der Waals surface area contributed by atoms with E-state index in [0.717, 1.165) is 37.7 Å². The van der Waals surface area contributed by atoms with E-state index in [0.29, 0.717) is 6.54 Å². The second-order valence-corrected chi connectivity index (χ2v) is 6.91. The van der Waals surface area contributed by atoms with Crippen molar-refractivity contribution in [1.82, 2.24) is 15.2 Å². The molecule has 0 saturated heterocycles. The molecule has 0 aliphatic heterocycles. The molecule has 5 heteroatoms. The molecule has 1 fully saturated rings. The van der Waals surface area contributed by atoms with E-state index in [2.05, 4.69) is 10.3 Å². The van der Waals surface area contributed by atoms with Gasteiger partial charge in [-0.2, -0.15) is 0 Å². The van der Waals surface area contributed by atoms with Crippen LogP contribution in [0.2, 0.25) is 0 Å². The van der Waals surface area contributed by atoms with E-state index in [9.17, 15) is 9.59 Å². The minimum Gasteiger partial charge on any atom is -0.352 e. The fourth-order valence-electron chi connectivity index (χ4n) is 2.96. The maximum atomic E-state index is 12.7. The molecule has 1 heterocycles. The van der Waals surface area contributed by atoms with Crippen molar-refractivity contribution in [1.29, 1.82) is 0 Å². The number of amides is 2. The highest BCUT2D eigenvalue weighted by atomic mass is 16.2. The number of nitrogens with one attached hydrogen (secondary N) is 1. The molecule has 126 valence electrons. The molecule has 0 spiro atoms. The van der Waals surface area contributed by atoms with Gasteiger partial charge in [-0.25, -0.2) is 0 Å². The molecule has 1 N–H and O–H groups in total. The normalized spacial score (nSPS) is 15.4. The van der Waals surface area contributed by atoms with E-state index in [1.807, 2.05) is 12.1 Å². The Morgan fingerprint density at radius 2 is 1.87 bits per heavy atom. The Labute approximate surface area is 138 Å². The highest BCUT2D eigenvalue weighted by Gasteiger charge is 2.39. The predicted octanol–water partition coefficient (Wildman–Crippen LogP) is 2.17. The van der Waals surface area contributed by atoms with Gasteiger partial charge in [-0.1, -0.05) is 12.8 Å². The first-order valence-corrected chi connectivity index (χ1v) is 8.36. The molecule has 5 nitrogen and oxygen atoms in total. The number of hydrogen-bond acceptors (Lipinski definition) is 3. The van der Waals surface area contributed by atoms with Gasteiger partial charge in [0.25, 0.3) is 0 Å². The van der Waals surface area contributed by atoms with Gasteiger partial charge in [-0.3, -0.25) is 14.6 Å². The zero-order valence-corrected chi connectivity index (χ0v) is 14.3. The molecule has 0 unspecified atom stereocenters. The molecule has 0 bridgehead atoms. The van der Waals surface area contributed by atoms with Gasteiger partial charge in [0.05, 0.1) is 0 Å². The van der Waals surface area contributed by atoms with E-state index >= 15 is 0 Å². The second-order valence-electron chi connectivity index (χ2n) is 6.91. The summed E-state index contributed by atoms with van der Waals surface area (Å²) in [5.74, 6) is -0.299. The predicted molar refractivity (Wildman–Crippen MR) is 89.8 cm³/mol.